The van der Waals surface area contributed by atoms with E-state index in [1.807, 2.05) is 42.8 Å². The van der Waals surface area contributed by atoms with Gasteiger partial charge in [-0.15, -0.1) is 0 Å². The maximum Gasteiger partial charge on any atom is 0.252 e. The predicted molar refractivity (Wildman–Crippen MR) is 95.0 cm³/mol. The minimum Gasteiger partial charge on any atom is -0.361 e. The van der Waals surface area contributed by atoms with Gasteiger partial charge in [-0.05, 0) is 38.5 Å². The van der Waals surface area contributed by atoms with Crippen molar-refractivity contribution in [3.63, 3.8) is 0 Å². The largest absolute Gasteiger partial charge is 0.361 e. The van der Waals surface area contributed by atoms with E-state index in [9.17, 15) is 4.79 Å². The number of aryl methyl sites for hydroxylation is 3. The average Bonchev–Trinajstić information content (AvgIpc) is 2.90. The number of benzene rings is 1. The summed E-state index contributed by atoms with van der Waals surface area (Å²) in [6, 6.07) is 14.0. The van der Waals surface area contributed by atoms with Crippen LogP contribution < -0.4 is 5.49 Å². The molecule has 0 radical (unpaired) electrons. The fourth-order valence-corrected chi connectivity index (χ4v) is 2.67. The summed E-state index contributed by atoms with van der Waals surface area (Å²) >= 11 is 0. The van der Waals surface area contributed by atoms with Crippen molar-refractivity contribution in [1.82, 2.24) is 9.72 Å². The zero-order valence-electron chi connectivity index (χ0n) is 14.7. The molecule has 3 rings (SSSR count). The Labute approximate surface area is 146 Å². The van der Waals surface area contributed by atoms with Gasteiger partial charge in [0.05, 0.1) is 12.1 Å². The lowest BCUT2D eigenvalue weighted by Gasteiger charge is -2.08. The molecule has 2 aromatic heterocycles. The molecular weight excluding hydrogens is 314 g/mol. The van der Waals surface area contributed by atoms with Crippen LogP contribution in [0.1, 0.15) is 28.1 Å². The molecule has 1 amide bonds. The van der Waals surface area contributed by atoms with Crippen molar-refractivity contribution in [2.75, 3.05) is 0 Å². The van der Waals surface area contributed by atoms with Gasteiger partial charge in [0.1, 0.15) is 11.2 Å². The van der Waals surface area contributed by atoms with E-state index in [4.69, 9.17) is 4.52 Å². The number of rotatable bonds is 4. The molecule has 3 aromatic rings. The molecule has 0 bridgehead atoms. The monoisotopic (exact) mass is 335 g/mol. The van der Waals surface area contributed by atoms with Gasteiger partial charge >= 0.3 is 0 Å². The highest BCUT2D eigenvalue weighted by Gasteiger charge is 2.12. The Kier molecular flexibility index (Phi) is 4.93. The van der Waals surface area contributed by atoms with Crippen LogP contribution in [0, 0.1) is 20.8 Å². The van der Waals surface area contributed by atoms with Crippen LogP contribution in [0.2, 0.25) is 0 Å². The average molecular weight is 335 g/mol. The minimum absolute atomic E-state index is 0.195. The Bertz CT molecular complexity index is 930. The Morgan fingerprint density at radius 2 is 1.88 bits per heavy atom. The molecule has 1 aromatic carbocycles. The third-order valence-electron chi connectivity index (χ3n) is 4.14. The molecule has 0 fully saturated rings. The number of aromatic nitrogens is 2. The molecule has 0 atom stereocenters. The summed E-state index contributed by atoms with van der Waals surface area (Å²) in [5.41, 5.74) is 4.58. The van der Waals surface area contributed by atoms with E-state index >= 15 is 0 Å². The molecule has 5 nitrogen and oxygen atoms in total. The van der Waals surface area contributed by atoms with Crippen LogP contribution in [0.25, 0.3) is 0 Å². The van der Waals surface area contributed by atoms with Gasteiger partial charge in [-0.1, -0.05) is 41.1 Å². The maximum atomic E-state index is 12.4. The lowest BCUT2D eigenvalue weighted by Crippen LogP contribution is -2.22. The zero-order chi connectivity index (χ0) is 17.8. The first-order valence-corrected chi connectivity index (χ1v) is 8.23. The fraction of sp³-hybridized carbons (Fsp3) is 0.250. The van der Waals surface area contributed by atoms with E-state index in [0.717, 1.165) is 16.8 Å². The standard InChI is InChI=1S/C20H21N3O2/c1-14-7-9-17(10-8-14)13-23-11-5-4-6-19(23)21-20(24)12-18-15(2)22-25-16(18)3/h4-11H,12-13H2,1-3H3. The molecule has 0 N–H and O–H groups in total. The quantitative estimate of drug-likeness (QED) is 0.736. The molecule has 128 valence electrons. The van der Waals surface area contributed by atoms with Crippen LogP contribution in [-0.2, 0) is 17.8 Å². The highest BCUT2D eigenvalue weighted by molar-refractivity contribution is 5.79. The van der Waals surface area contributed by atoms with Crippen LogP contribution in [0.5, 0.6) is 0 Å². The summed E-state index contributed by atoms with van der Waals surface area (Å²) in [7, 11) is 0. The zero-order valence-corrected chi connectivity index (χ0v) is 14.7. The third kappa shape index (κ3) is 4.12. The minimum atomic E-state index is -0.210. The molecule has 0 aliphatic carbocycles. The number of pyridine rings is 1. The molecular formula is C20H21N3O2. The molecule has 0 aliphatic heterocycles. The maximum absolute atomic E-state index is 12.4. The van der Waals surface area contributed by atoms with Gasteiger partial charge in [-0.3, -0.25) is 4.79 Å². The Morgan fingerprint density at radius 3 is 2.56 bits per heavy atom. The van der Waals surface area contributed by atoms with Crippen molar-refractivity contribution in [3.05, 3.63) is 82.3 Å². The Balaban J connectivity index is 1.85. The number of nitrogens with zero attached hydrogens (tertiary/aromatic N) is 3. The third-order valence-corrected chi connectivity index (χ3v) is 4.14. The number of hydrogen-bond donors (Lipinski definition) is 0. The fourth-order valence-electron chi connectivity index (χ4n) is 2.67. The van der Waals surface area contributed by atoms with Crippen molar-refractivity contribution in [3.8, 4) is 0 Å². The van der Waals surface area contributed by atoms with E-state index in [1.54, 1.807) is 0 Å². The van der Waals surface area contributed by atoms with Gasteiger partial charge in [0.2, 0.25) is 0 Å². The molecule has 0 saturated heterocycles. The molecule has 0 unspecified atom stereocenters. The van der Waals surface area contributed by atoms with E-state index in [2.05, 4.69) is 41.3 Å². The normalized spacial score (nSPS) is 11.7. The Morgan fingerprint density at radius 1 is 1.12 bits per heavy atom. The molecule has 0 aliphatic rings. The van der Waals surface area contributed by atoms with Crippen LogP contribution in [0.4, 0.5) is 0 Å². The van der Waals surface area contributed by atoms with Crippen LogP contribution >= 0.6 is 0 Å². The molecule has 2 heterocycles. The van der Waals surface area contributed by atoms with E-state index < -0.39 is 0 Å². The molecule has 25 heavy (non-hydrogen) atoms. The van der Waals surface area contributed by atoms with Crippen molar-refractivity contribution in [2.24, 2.45) is 4.99 Å². The summed E-state index contributed by atoms with van der Waals surface area (Å²) in [5.74, 6) is 0.458. The highest BCUT2D eigenvalue weighted by atomic mass is 16.5. The molecule has 5 heteroatoms. The number of amides is 1. The smallest absolute Gasteiger partial charge is 0.252 e. The number of carbonyl (C=O) groups excluding carboxylic acids is 1. The van der Waals surface area contributed by atoms with Crippen LogP contribution in [0.15, 0.2) is 58.2 Å². The second kappa shape index (κ2) is 7.30. The summed E-state index contributed by atoms with van der Waals surface area (Å²) in [6.45, 7) is 6.37. The van der Waals surface area contributed by atoms with Gasteiger partial charge < -0.3 is 9.09 Å². The highest BCUT2D eigenvalue weighted by Crippen LogP contribution is 2.13. The van der Waals surface area contributed by atoms with Crippen molar-refractivity contribution in [2.45, 2.75) is 33.7 Å². The number of carbonyl (C=O) groups is 1. The van der Waals surface area contributed by atoms with Gasteiger partial charge in [0.25, 0.3) is 5.91 Å². The van der Waals surface area contributed by atoms with Crippen LogP contribution in [0.3, 0.4) is 0 Å². The van der Waals surface area contributed by atoms with Gasteiger partial charge in [-0.25, -0.2) is 0 Å². The van der Waals surface area contributed by atoms with Gasteiger partial charge in [-0.2, -0.15) is 4.99 Å². The van der Waals surface area contributed by atoms with Gasteiger partial charge in [0, 0.05) is 18.3 Å². The topological polar surface area (TPSA) is 60.4 Å². The lowest BCUT2D eigenvalue weighted by atomic mass is 10.1. The van der Waals surface area contributed by atoms with E-state index in [0.29, 0.717) is 17.8 Å². The first kappa shape index (κ1) is 16.9. The second-order valence-corrected chi connectivity index (χ2v) is 6.16. The summed E-state index contributed by atoms with van der Waals surface area (Å²) in [5, 5.41) is 3.88. The summed E-state index contributed by atoms with van der Waals surface area (Å²) in [4.78, 5) is 16.7. The second-order valence-electron chi connectivity index (χ2n) is 6.16. The lowest BCUT2D eigenvalue weighted by molar-refractivity contribution is -0.117. The summed E-state index contributed by atoms with van der Waals surface area (Å²) < 4.78 is 7.08. The summed E-state index contributed by atoms with van der Waals surface area (Å²) in [6.07, 6.45) is 2.13. The SMILES string of the molecule is Cc1ccc(Cn2ccccc2=NC(=O)Cc2c(C)noc2C)cc1. The molecule has 0 spiro atoms. The number of hydrogen-bond acceptors (Lipinski definition) is 3. The predicted octanol–water partition coefficient (Wildman–Crippen LogP) is 3.12. The first-order valence-electron chi connectivity index (χ1n) is 8.23. The van der Waals surface area contributed by atoms with Crippen molar-refractivity contribution < 1.29 is 9.32 Å². The van der Waals surface area contributed by atoms with Crippen LogP contribution in [-0.4, -0.2) is 15.6 Å². The molecule has 0 saturated carbocycles. The first-order chi connectivity index (χ1) is 12.0. The van der Waals surface area contributed by atoms with Crippen molar-refractivity contribution in [1.29, 1.82) is 0 Å². The van der Waals surface area contributed by atoms with Gasteiger partial charge in [0.15, 0.2) is 0 Å². The van der Waals surface area contributed by atoms with E-state index in [1.165, 1.54) is 5.56 Å². The Hall–Kier alpha value is -2.95. The van der Waals surface area contributed by atoms with E-state index in [-0.39, 0.29) is 12.3 Å². The van der Waals surface area contributed by atoms with Crippen molar-refractivity contribution >= 4 is 5.91 Å².